The maximum absolute atomic E-state index is 11.5. The summed E-state index contributed by atoms with van der Waals surface area (Å²) in [5.41, 5.74) is 0.364. The first-order valence-electron chi connectivity index (χ1n) is 5.92. The van der Waals surface area contributed by atoms with E-state index in [-0.39, 0.29) is 11.1 Å². The Labute approximate surface area is 119 Å². The Bertz CT molecular complexity index is 636. The molecule has 21 heavy (non-hydrogen) atoms. The molecule has 0 aliphatic heterocycles. The molecule has 6 nitrogen and oxygen atoms in total. The Morgan fingerprint density at radius 3 is 1.62 bits per heavy atom. The van der Waals surface area contributed by atoms with Crippen molar-refractivity contribution in [1.29, 1.82) is 0 Å². The minimum absolute atomic E-state index is 0.170. The van der Waals surface area contributed by atoms with Gasteiger partial charge in [-0.2, -0.15) is 4.79 Å². The largest absolute Gasteiger partial charge is 0.558 e. The van der Waals surface area contributed by atoms with Gasteiger partial charge >= 0.3 is 18.1 Å². The number of esters is 1. The number of hydrogen-bond acceptors (Lipinski definition) is 6. The van der Waals surface area contributed by atoms with Crippen LogP contribution in [-0.2, 0) is 14.5 Å². The summed E-state index contributed by atoms with van der Waals surface area (Å²) in [7, 11) is 0. The summed E-state index contributed by atoms with van der Waals surface area (Å²) in [6.07, 6.45) is -1.42. The number of benzene rings is 2. The summed E-state index contributed by atoms with van der Waals surface area (Å²) in [4.78, 5) is 42.6. The van der Waals surface area contributed by atoms with Crippen molar-refractivity contribution < 1.29 is 28.9 Å². The zero-order chi connectivity index (χ0) is 15.1. The number of rotatable bonds is 2. The molecule has 0 saturated heterocycles. The van der Waals surface area contributed by atoms with Crippen LogP contribution in [-0.4, -0.2) is 18.1 Å². The van der Waals surface area contributed by atoms with Crippen molar-refractivity contribution in [2.24, 2.45) is 0 Å². The van der Waals surface area contributed by atoms with Crippen LogP contribution in [0.1, 0.15) is 20.7 Å². The summed E-state index contributed by atoms with van der Waals surface area (Å²) in [6.45, 7) is 0. The molecule has 0 bridgehead atoms. The van der Waals surface area contributed by atoms with Crippen LogP contribution in [0.2, 0.25) is 0 Å². The molecule has 2 aromatic carbocycles. The maximum atomic E-state index is 11.5. The van der Waals surface area contributed by atoms with Gasteiger partial charge in [-0.3, -0.25) is 0 Å². The fourth-order valence-corrected chi connectivity index (χ4v) is 1.42. The molecule has 0 aliphatic carbocycles. The van der Waals surface area contributed by atoms with Gasteiger partial charge in [-0.15, -0.1) is 0 Å². The van der Waals surface area contributed by atoms with E-state index in [4.69, 9.17) is 0 Å². The number of carbonyl (C=O) groups is 3. The third-order valence-corrected chi connectivity index (χ3v) is 2.38. The number of hydrogen-bond donors (Lipinski definition) is 0. The molecule has 2 aromatic rings. The molecule has 0 atom stereocenters. The maximum Gasteiger partial charge on any atom is 0.558 e. The highest BCUT2D eigenvalue weighted by Gasteiger charge is 2.17. The Balaban J connectivity index is 1.83. The van der Waals surface area contributed by atoms with Gasteiger partial charge < -0.3 is 4.74 Å². The Morgan fingerprint density at radius 2 is 1.10 bits per heavy atom. The van der Waals surface area contributed by atoms with E-state index in [0.717, 1.165) is 0 Å². The lowest BCUT2D eigenvalue weighted by Gasteiger charge is -2.03. The van der Waals surface area contributed by atoms with E-state index in [2.05, 4.69) is 14.5 Å². The van der Waals surface area contributed by atoms with Gasteiger partial charge in [-0.1, -0.05) is 36.4 Å². The van der Waals surface area contributed by atoms with Crippen molar-refractivity contribution in [3.8, 4) is 0 Å². The van der Waals surface area contributed by atoms with Gasteiger partial charge in [0.2, 0.25) is 0 Å². The molecule has 0 aliphatic rings. The van der Waals surface area contributed by atoms with Crippen molar-refractivity contribution >= 4 is 18.1 Å². The van der Waals surface area contributed by atoms with Crippen molar-refractivity contribution in [3.63, 3.8) is 0 Å². The summed E-state index contributed by atoms with van der Waals surface area (Å²) >= 11 is 0. The van der Waals surface area contributed by atoms with E-state index < -0.39 is 18.1 Å². The molecule has 0 amide bonds. The van der Waals surface area contributed by atoms with Gasteiger partial charge in [0.05, 0.1) is 11.1 Å². The second kappa shape index (κ2) is 6.85. The molecule has 2 rings (SSSR count). The zero-order valence-corrected chi connectivity index (χ0v) is 10.7. The minimum Gasteiger partial charge on any atom is -0.354 e. The lowest BCUT2D eigenvalue weighted by molar-refractivity contribution is -0.198. The number of carbonyl (C=O) groups excluding carboxylic acids is 3. The van der Waals surface area contributed by atoms with E-state index in [9.17, 15) is 14.4 Å². The molecular formula is C15H10O6. The highest BCUT2D eigenvalue weighted by atomic mass is 17.2. The summed E-state index contributed by atoms with van der Waals surface area (Å²) < 4.78 is 4.35. The van der Waals surface area contributed by atoms with Gasteiger partial charge in [-0.25, -0.2) is 19.4 Å². The second-order valence-electron chi connectivity index (χ2n) is 3.83. The molecule has 6 heteroatoms. The highest BCUT2D eigenvalue weighted by molar-refractivity contribution is 5.95. The van der Waals surface area contributed by atoms with Gasteiger partial charge in [0.25, 0.3) is 0 Å². The van der Waals surface area contributed by atoms with Crippen molar-refractivity contribution in [1.82, 2.24) is 0 Å². The van der Waals surface area contributed by atoms with Crippen LogP contribution in [0.3, 0.4) is 0 Å². The lowest BCUT2D eigenvalue weighted by Crippen LogP contribution is -2.16. The van der Waals surface area contributed by atoms with E-state index in [0.29, 0.717) is 0 Å². The first-order valence-corrected chi connectivity index (χ1v) is 5.92. The Hall–Kier alpha value is -3.15. The van der Waals surface area contributed by atoms with Gasteiger partial charge in [0.15, 0.2) is 0 Å². The molecule has 0 heterocycles. The Kier molecular flexibility index (Phi) is 4.66. The molecule has 0 aromatic heterocycles. The zero-order valence-electron chi connectivity index (χ0n) is 10.7. The van der Waals surface area contributed by atoms with Crippen molar-refractivity contribution in [3.05, 3.63) is 71.8 Å². The van der Waals surface area contributed by atoms with Crippen LogP contribution >= 0.6 is 0 Å². The van der Waals surface area contributed by atoms with E-state index in [1.165, 1.54) is 24.3 Å². The topological polar surface area (TPSA) is 78.9 Å². The molecule has 0 unspecified atom stereocenters. The average molecular weight is 286 g/mol. The lowest BCUT2D eigenvalue weighted by atomic mass is 10.2. The van der Waals surface area contributed by atoms with Crippen LogP contribution in [0, 0.1) is 0 Å². The quantitative estimate of drug-likeness (QED) is 0.365. The summed E-state index contributed by atoms with van der Waals surface area (Å²) in [6, 6.07) is 15.8. The predicted octanol–water partition coefficient (Wildman–Crippen LogP) is 2.75. The van der Waals surface area contributed by atoms with E-state index in [1.807, 2.05) is 0 Å². The van der Waals surface area contributed by atoms with Gasteiger partial charge in [0.1, 0.15) is 0 Å². The number of ether oxygens (including phenoxy) is 1. The van der Waals surface area contributed by atoms with Crippen molar-refractivity contribution in [2.75, 3.05) is 0 Å². The van der Waals surface area contributed by atoms with Crippen LogP contribution < -0.4 is 0 Å². The fourth-order valence-electron chi connectivity index (χ4n) is 1.42. The minimum atomic E-state index is -1.42. The van der Waals surface area contributed by atoms with E-state index in [1.54, 1.807) is 36.4 Å². The second-order valence-corrected chi connectivity index (χ2v) is 3.83. The van der Waals surface area contributed by atoms with Gasteiger partial charge in [0, 0.05) is 0 Å². The SMILES string of the molecule is O=C(OOC(=O)c1ccccc1)OC(=O)c1ccccc1. The molecule has 0 radical (unpaired) electrons. The molecule has 0 saturated carbocycles. The Morgan fingerprint density at radius 1 is 0.619 bits per heavy atom. The highest BCUT2D eigenvalue weighted by Crippen LogP contribution is 2.04. The van der Waals surface area contributed by atoms with Crippen LogP contribution in [0.15, 0.2) is 60.7 Å². The summed E-state index contributed by atoms with van der Waals surface area (Å²) in [5, 5.41) is 0. The third-order valence-electron chi connectivity index (χ3n) is 2.38. The van der Waals surface area contributed by atoms with Crippen LogP contribution in [0.25, 0.3) is 0 Å². The standard InChI is InChI=1S/C15H10O6/c16-13(11-7-3-1-4-8-11)19-15(18)21-20-14(17)12-9-5-2-6-10-12/h1-10H. The average Bonchev–Trinajstić information content (AvgIpc) is 2.54. The smallest absolute Gasteiger partial charge is 0.354 e. The van der Waals surface area contributed by atoms with Crippen LogP contribution in [0.4, 0.5) is 4.79 Å². The monoisotopic (exact) mass is 286 g/mol. The summed E-state index contributed by atoms with van der Waals surface area (Å²) in [5.74, 6) is -1.78. The molecule has 0 fully saturated rings. The molecular weight excluding hydrogens is 276 g/mol. The molecule has 0 spiro atoms. The third kappa shape index (κ3) is 4.17. The molecule has 0 N–H and O–H groups in total. The molecule has 106 valence electrons. The van der Waals surface area contributed by atoms with Crippen LogP contribution in [0.5, 0.6) is 0 Å². The van der Waals surface area contributed by atoms with E-state index >= 15 is 0 Å². The van der Waals surface area contributed by atoms with Gasteiger partial charge in [-0.05, 0) is 24.3 Å². The first-order chi connectivity index (χ1) is 10.2. The normalized spacial score (nSPS) is 9.52. The fraction of sp³-hybridized carbons (Fsp3) is 0. The van der Waals surface area contributed by atoms with Crippen molar-refractivity contribution in [2.45, 2.75) is 0 Å². The predicted molar refractivity (Wildman–Crippen MR) is 70.2 cm³/mol. The first kappa shape index (κ1) is 14.3.